The van der Waals surface area contributed by atoms with Crippen LogP contribution in [0.3, 0.4) is 0 Å². The minimum Gasteiger partial charge on any atom is -0.314 e. The zero-order valence-electron chi connectivity index (χ0n) is 9.71. The summed E-state index contributed by atoms with van der Waals surface area (Å²) in [6, 6.07) is 10.7. The Labute approximate surface area is 101 Å². The van der Waals surface area contributed by atoms with Gasteiger partial charge in [0.05, 0.1) is 17.6 Å². The van der Waals surface area contributed by atoms with Crippen molar-refractivity contribution < 1.29 is 0 Å². The Bertz CT molecular complexity index is 471. The molecule has 0 aliphatic carbocycles. The molecule has 0 saturated carbocycles. The van der Waals surface area contributed by atoms with E-state index in [9.17, 15) is 0 Å². The van der Waals surface area contributed by atoms with Crippen molar-refractivity contribution in [3.63, 3.8) is 0 Å². The van der Waals surface area contributed by atoms with Gasteiger partial charge in [-0.1, -0.05) is 23.4 Å². The number of nitrogens with one attached hydrogen (secondary N) is 1. The summed E-state index contributed by atoms with van der Waals surface area (Å²) in [5.41, 5.74) is 2.26. The van der Waals surface area contributed by atoms with Crippen molar-refractivity contribution in [2.24, 2.45) is 0 Å². The highest BCUT2D eigenvalue weighted by molar-refractivity contribution is 5.31. The Morgan fingerprint density at radius 3 is 2.94 bits per heavy atom. The summed E-state index contributed by atoms with van der Waals surface area (Å²) < 4.78 is 1.93. The van der Waals surface area contributed by atoms with Crippen LogP contribution in [0.25, 0.3) is 5.69 Å². The van der Waals surface area contributed by atoms with Gasteiger partial charge in [0, 0.05) is 12.5 Å². The first-order chi connectivity index (χ1) is 8.43. The molecule has 1 saturated heterocycles. The summed E-state index contributed by atoms with van der Waals surface area (Å²) in [6.45, 7) is 1.14. The van der Waals surface area contributed by atoms with Crippen LogP contribution >= 0.6 is 0 Å². The predicted molar refractivity (Wildman–Crippen MR) is 66.1 cm³/mol. The zero-order chi connectivity index (χ0) is 11.5. The molecular formula is C13H16N4. The van der Waals surface area contributed by atoms with Gasteiger partial charge in [0.2, 0.25) is 0 Å². The van der Waals surface area contributed by atoms with Crippen molar-refractivity contribution in [2.75, 3.05) is 6.54 Å². The summed E-state index contributed by atoms with van der Waals surface area (Å²) in [7, 11) is 0. The van der Waals surface area contributed by atoms with Crippen LogP contribution in [-0.4, -0.2) is 27.6 Å². The third-order valence-electron chi connectivity index (χ3n) is 3.24. The summed E-state index contributed by atoms with van der Waals surface area (Å²) in [6.07, 6.45) is 5.40. The highest BCUT2D eigenvalue weighted by Gasteiger charge is 2.17. The molecule has 1 aromatic carbocycles. The topological polar surface area (TPSA) is 42.7 Å². The highest BCUT2D eigenvalue weighted by atomic mass is 15.4. The van der Waals surface area contributed by atoms with Crippen LogP contribution in [0.5, 0.6) is 0 Å². The van der Waals surface area contributed by atoms with E-state index in [4.69, 9.17) is 0 Å². The molecule has 4 nitrogen and oxygen atoms in total. The maximum Gasteiger partial charge on any atom is 0.0730 e. The standard InChI is InChI=1S/C13H16N4/c1-2-6-12(7-3-1)17-13(10-15-16-17)9-11-5-4-8-14-11/h1-3,6-7,10-11,14H,4-5,8-9H2. The van der Waals surface area contributed by atoms with E-state index in [1.54, 1.807) is 0 Å². The van der Waals surface area contributed by atoms with Crippen LogP contribution in [0.2, 0.25) is 0 Å². The van der Waals surface area contributed by atoms with Crippen LogP contribution in [0.1, 0.15) is 18.5 Å². The first-order valence-electron chi connectivity index (χ1n) is 6.12. The Morgan fingerprint density at radius 2 is 2.18 bits per heavy atom. The lowest BCUT2D eigenvalue weighted by molar-refractivity contribution is 0.582. The predicted octanol–water partition coefficient (Wildman–Crippen LogP) is 1.56. The fourth-order valence-electron chi connectivity index (χ4n) is 2.37. The number of hydrogen-bond donors (Lipinski definition) is 1. The molecule has 4 heteroatoms. The van der Waals surface area contributed by atoms with Gasteiger partial charge in [-0.2, -0.15) is 0 Å². The van der Waals surface area contributed by atoms with Gasteiger partial charge >= 0.3 is 0 Å². The third kappa shape index (κ3) is 2.22. The van der Waals surface area contributed by atoms with Crippen LogP contribution < -0.4 is 5.32 Å². The molecule has 1 N–H and O–H groups in total. The van der Waals surface area contributed by atoms with Gasteiger partial charge in [0.25, 0.3) is 0 Å². The summed E-state index contributed by atoms with van der Waals surface area (Å²) in [5, 5.41) is 11.7. The van der Waals surface area contributed by atoms with Crippen LogP contribution in [0.15, 0.2) is 36.5 Å². The summed E-state index contributed by atoms with van der Waals surface area (Å²) >= 11 is 0. The van der Waals surface area contributed by atoms with Crippen molar-refractivity contribution in [3.05, 3.63) is 42.2 Å². The highest BCUT2D eigenvalue weighted by Crippen LogP contribution is 2.14. The average molecular weight is 228 g/mol. The Hall–Kier alpha value is -1.68. The van der Waals surface area contributed by atoms with Gasteiger partial charge in [-0.15, -0.1) is 5.10 Å². The third-order valence-corrected chi connectivity index (χ3v) is 3.24. The monoisotopic (exact) mass is 228 g/mol. The van der Waals surface area contributed by atoms with E-state index in [1.807, 2.05) is 29.1 Å². The molecule has 1 fully saturated rings. The molecule has 2 heterocycles. The van der Waals surface area contributed by atoms with E-state index in [2.05, 4.69) is 27.8 Å². The quantitative estimate of drug-likeness (QED) is 0.867. The number of rotatable bonds is 3. The van der Waals surface area contributed by atoms with Crippen molar-refractivity contribution in [1.82, 2.24) is 20.3 Å². The van der Waals surface area contributed by atoms with E-state index in [0.29, 0.717) is 6.04 Å². The first kappa shape index (κ1) is 10.5. The second kappa shape index (κ2) is 4.67. The Morgan fingerprint density at radius 1 is 1.29 bits per heavy atom. The fraction of sp³-hybridized carbons (Fsp3) is 0.385. The Kier molecular flexibility index (Phi) is 2.88. The zero-order valence-corrected chi connectivity index (χ0v) is 9.71. The average Bonchev–Trinajstić information content (AvgIpc) is 3.02. The van der Waals surface area contributed by atoms with E-state index in [1.165, 1.54) is 18.5 Å². The van der Waals surface area contributed by atoms with Crippen molar-refractivity contribution in [3.8, 4) is 5.69 Å². The molecule has 17 heavy (non-hydrogen) atoms. The second-order valence-electron chi connectivity index (χ2n) is 4.47. The number of hydrogen-bond acceptors (Lipinski definition) is 3. The largest absolute Gasteiger partial charge is 0.314 e. The lowest BCUT2D eigenvalue weighted by atomic mass is 10.1. The molecule has 1 aromatic heterocycles. The van der Waals surface area contributed by atoms with Gasteiger partial charge in [-0.3, -0.25) is 0 Å². The minimum absolute atomic E-state index is 0.580. The molecular weight excluding hydrogens is 212 g/mol. The molecule has 0 radical (unpaired) electrons. The van der Waals surface area contributed by atoms with Gasteiger partial charge in [0.15, 0.2) is 0 Å². The molecule has 1 aliphatic rings. The molecule has 0 amide bonds. The SMILES string of the molecule is c1ccc(-n2nncc2CC2CCCN2)cc1. The molecule has 88 valence electrons. The van der Waals surface area contributed by atoms with E-state index >= 15 is 0 Å². The van der Waals surface area contributed by atoms with Gasteiger partial charge < -0.3 is 5.32 Å². The Balaban J connectivity index is 1.84. The van der Waals surface area contributed by atoms with E-state index < -0.39 is 0 Å². The molecule has 1 unspecified atom stereocenters. The molecule has 3 rings (SSSR count). The maximum absolute atomic E-state index is 4.17. The lowest BCUT2D eigenvalue weighted by Crippen LogP contribution is -2.24. The van der Waals surface area contributed by atoms with Gasteiger partial charge in [-0.05, 0) is 31.5 Å². The van der Waals surface area contributed by atoms with Crippen molar-refractivity contribution in [2.45, 2.75) is 25.3 Å². The number of para-hydroxylation sites is 1. The van der Waals surface area contributed by atoms with Crippen LogP contribution in [0, 0.1) is 0 Å². The molecule has 1 atom stereocenters. The second-order valence-corrected chi connectivity index (χ2v) is 4.47. The van der Waals surface area contributed by atoms with E-state index in [0.717, 1.165) is 18.7 Å². The normalized spacial score (nSPS) is 19.6. The molecule has 0 spiro atoms. The smallest absolute Gasteiger partial charge is 0.0730 e. The number of benzene rings is 1. The first-order valence-corrected chi connectivity index (χ1v) is 6.12. The van der Waals surface area contributed by atoms with Crippen molar-refractivity contribution >= 4 is 0 Å². The molecule has 0 bridgehead atoms. The lowest BCUT2D eigenvalue weighted by Gasteiger charge is -2.11. The fourth-order valence-corrected chi connectivity index (χ4v) is 2.37. The van der Waals surface area contributed by atoms with Gasteiger partial charge in [0.1, 0.15) is 0 Å². The molecule has 1 aliphatic heterocycles. The summed E-state index contributed by atoms with van der Waals surface area (Å²) in [5.74, 6) is 0. The maximum atomic E-state index is 4.17. The van der Waals surface area contributed by atoms with Gasteiger partial charge in [-0.25, -0.2) is 4.68 Å². The van der Waals surface area contributed by atoms with Crippen LogP contribution in [0.4, 0.5) is 0 Å². The van der Waals surface area contributed by atoms with Crippen molar-refractivity contribution in [1.29, 1.82) is 0 Å². The van der Waals surface area contributed by atoms with Crippen LogP contribution in [-0.2, 0) is 6.42 Å². The number of aromatic nitrogens is 3. The minimum atomic E-state index is 0.580. The molecule has 2 aromatic rings. The van der Waals surface area contributed by atoms with E-state index in [-0.39, 0.29) is 0 Å². The summed E-state index contributed by atoms with van der Waals surface area (Å²) in [4.78, 5) is 0. The number of nitrogens with zero attached hydrogens (tertiary/aromatic N) is 3.